The van der Waals surface area contributed by atoms with Crippen LogP contribution in [0.4, 0.5) is 0 Å². The van der Waals surface area contributed by atoms with E-state index in [-0.39, 0.29) is 0 Å². The quantitative estimate of drug-likeness (QED) is 0.722. The molecule has 1 aliphatic heterocycles. The number of carbonyl (C=O) groups is 1. The molecule has 0 saturated carbocycles. The molecule has 1 heterocycles. The fraction of sp³-hybridized carbons (Fsp3) is 0.929. The van der Waals surface area contributed by atoms with Crippen molar-refractivity contribution in [3.8, 4) is 0 Å². The SMILES string of the molecule is CCC(N)(CCCN(C)C1CCCN(C)C1)C(=O)O. The van der Waals surface area contributed by atoms with E-state index in [2.05, 4.69) is 23.9 Å². The summed E-state index contributed by atoms with van der Waals surface area (Å²) in [6.45, 7) is 5.06. The predicted molar refractivity (Wildman–Crippen MR) is 77.2 cm³/mol. The van der Waals surface area contributed by atoms with Gasteiger partial charge in [-0.05, 0) is 59.3 Å². The van der Waals surface area contributed by atoms with Crippen molar-refractivity contribution < 1.29 is 9.90 Å². The number of likely N-dealkylation sites (tertiary alicyclic amines) is 1. The third-order valence-corrected chi connectivity index (χ3v) is 4.41. The van der Waals surface area contributed by atoms with Crippen LogP contribution >= 0.6 is 0 Å². The highest BCUT2D eigenvalue weighted by molar-refractivity contribution is 5.78. The number of aliphatic carboxylic acids is 1. The standard InChI is InChI=1S/C14H29N3O2/c1-4-14(15,13(18)19)8-6-10-17(3)12-7-5-9-16(2)11-12/h12H,4-11,15H2,1-3H3,(H,18,19). The molecule has 1 rings (SSSR count). The van der Waals surface area contributed by atoms with Crippen LogP contribution in [-0.2, 0) is 4.79 Å². The summed E-state index contributed by atoms with van der Waals surface area (Å²) in [4.78, 5) is 15.8. The van der Waals surface area contributed by atoms with E-state index in [0.29, 0.717) is 18.9 Å². The first-order valence-electron chi connectivity index (χ1n) is 7.30. The van der Waals surface area contributed by atoms with Crippen LogP contribution in [0.2, 0.25) is 0 Å². The Morgan fingerprint density at radius 2 is 2.26 bits per heavy atom. The number of likely N-dealkylation sites (N-methyl/N-ethyl adjacent to an activating group) is 2. The third kappa shape index (κ3) is 4.75. The molecule has 0 aliphatic carbocycles. The van der Waals surface area contributed by atoms with E-state index in [1.165, 1.54) is 19.4 Å². The average molecular weight is 271 g/mol. The molecule has 2 atom stereocenters. The van der Waals surface area contributed by atoms with Crippen molar-refractivity contribution >= 4 is 5.97 Å². The molecule has 0 bridgehead atoms. The molecule has 5 heteroatoms. The molecule has 1 saturated heterocycles. The summed E-state index contributed by atoms with van der Waals surface area (Å²) in [6.07, 6.45) is 4.36. The molecule has 2 unspecified atom stereocenters. The first-order valence-corrected chi connectivity index (χ1v) is 7.30. The minimum absolute atomic E-state index is 0.484. The third-order valence-electron chi connectivity index (χ3n) is 4.41. The molecule has 0 radical (unpaired) electrons. The van der Waals surface area contributed by atoms with Gasteiger partial charge in [-0.15, -0.1) is 0 Å². The summed E-state index contributed by atoms with van der Waals surface area (Å²) in [5, 5.41) is 9.14. The Morgan fingerprint density at radius 1 is 1.58 bits per heavy atom. The summed E-state index contributed by atoms with van der Waals surface area (Å²) >= 11 is 0. The van der Waals surface area contributed by atoms with E-state index < -0.39 is 11.5 Å². The first kappa shape index (κ1) is 16.4. The Hall–Kier alpha value is -0.650. The first-order chi connectivity index (χ1) is 8.89. The van der Waals surface area contributed by atoms with Gasteiger partial charge in [0.25, 0.3) is 0 Å². The normalized spacial score (nSPS) is 24.4. The summed E-state index contributed by atoms with van der Waals surface area (Å²) in [5.41, 5.74) is 4.85. The van der Waals surface area contributed by atoms with Crippen LogP contribution in [0, 0.1) is 0 Å². The lowest BCUT2D eigenvalue weighted by atomic mass is 9.91. The summed E-state index contributed by atoms with van der Waals surface area (Å²) in [5.74, 6) is -0.880. The smallest absolute Gasteiger partial charge is 0.323 e. The zero-order valence-corrected chi connectivity index (χ0v) is 12.6. The molecule has 0 aromatic rings. The molecule has 0 spiro atoms. The summed E-state index contributed by atoms with van der Waals surface area (Å²) < 4.78 is 0. The topological polar surface area (TPSA) is 69.8 Å². The highest BCUT2D eigenvalue weighted by atomic mass is 16.4. The number of rotatable bonds is 7. The van der Waals surface area contributed by atoms with Gasteiger partial charge < -0.3 is 20.6 Å². The van der Waals surface area contributed by atoms with Crippen LogP contribution in [0.3, 0.4) is 0 Å². The van der Waals surface area contributed by atoms with Crippen LogP contribution in [-0.4, -0.2) is 66.2 Å². The fourth-order valence-electron chi connectivity index (χ4n) is 2.76. The second-order valence-electron chi connectivity index (χ2n) is 5.96. The van der Waals surface area contributed by atoms with Crippen LogP contribution in [0.1, 0.15) is 39.0 Å². The monoisotopic (exact) mass is 271 g/mol. The van der Waals surface area contributed by atoms with Crippen molar-refractivity contribution in [3.05, 3.63) is 0 Å². The van der Waals surface area contributed by atoms with Gasteiger partial charge in [0.05, 0.1) is 0 Å². The molecule has 5 nitrogen and oxygen atoms in total. The Bertz CT molecular complexity index is 298. The fourth-order valence-corrected chi connectivity index (χ4v) is 2.76. The second kappa shape index (κ2) is 7.22. The lowest BCUT2D eigenvalue weighted by molar-refractivity contribution is -0.143. The van der Waals surface area contributed by atoms with E-state index in [1.807, 2.05) is 6.92 Å². The lowest BCUT2D eigenvalue weighted by Crippen LogP contribution is -2.48. The zero-order chi connectivity index (χ0) is 14.5. The Kier molecular flexibility index (Phi) is 6.23. The van der Waals surface area contributed by atoms with Crippen molar-refractivity contribution in [2.45, 2.75) is 50.6 Å². The highest BCUT2D eigenvalue weighted by Crippen LogP contribution is 2.17. The van der Waals surface area contributed by atoms with Crippen LogP contribution in [0.5, 0.6) is 0 Å². The van der Waals surface area contributed by atoms with Crippen LogP contribution < -0.4 is 5.73 Å². The molecule has 112 valence electrons. The van der Waals surface area contributed by atoms with Crippen molar-refractivity contribution in [1.29, 1.82) is 0 Å². The van der Waals surface area contributed by atoms with Crippen molar-refractivity contribution in [1.82, 2.24) is 9.80 Å². The largest absolute Gasteiger partial charge is 0.480 e. The maximum Gasteiger partial charge on any atom is 0.323 e. The van der Waals surface area contributed by atoms with Crippen LogP contribution in [0.25, 0.3) is 0 Å². The molecule has 3 N–H and O–H groups in total. The van der Waals surface area contributed by atoms with Gasteiger partial charge in [0, 0.05) is 12.6 Å². The molecule has 1 aliphatic rings. The number of nitrogens with zero attached hydrogens (tertiary/aromatic N) is 2. The van der Waals surface area contributed by atoms with Gasteiger partial charge in [0.2, 0.25) is 0 Å². The number of hydrogen-bond acceptors (Lipinski definition) is 4. The predicted octanol–water partition coefficient (Wildman–Crippen LogP) is 0.985. The van der Waals surface area contributed by atoms with Crippen molar-refractivity contribution in [2.24, 2.45) is 5.73 Å². The zero-order valence-electron chi connectivity index (χ0n) is 12.6. The minimum Gasteiger partial charge on any atom is -0.480 e. The van der Waals surface area contributed by atoms with Gasteiger partial charge in [-0.25, -0.2) is 0 Å². The van der Waals surface area contributed by atoms with Gasteiger partial charge in [-0.2, -0.15) is 0 Å². The highest BCUT2D eigenvalue weighted by Gasteiger charge is 2.31. The Morgan fingerprint density at radius 3 is 2.79 bits per heavy atom. The number of piperidine rings is 1. The maximum absolute atomic E-state index is 11.1. The number of carboxylic acids is 1. The Labute approximate surface area is 116 Å². The number of nitrogens with two attached hydrogens (primary N) is 1. The van der Waals surface area contributed by atoms with E-state index in [4.69, 9.17) is 10.8 Å². The average Bonchev–Trinajstić information content (AvgIpc) is 2.38. The van der Waals surface area contributed by atoms with Crippen molar-refractivity contribution in [2.75, 3.05) is 33.7 Å². The summed E-state index contributed by atoms with van der Waals surface area (Å²) in [6, 6.07) is 0.595. The molecule has 0 aromatic heterocycles. The van der Waals surface area contributed by atoms with Crippen molar-refractivity contribution in [3.63, 3.8) is 0 Å². The molecule has 0 amide bonds. The van der Waals surface area contributed by atoms with E-state index >= 15 is 0 Å². The van der Waals surface area contributed by atoms with Crippen LogP contribution in [0.15, 0.2) is 0 Å². The molecule has 0 aromatic carbocycles. The van der Waals surface area contributed by atoms with E-state index in [0.717, 1.165) is 19.5 Å². The molecule has 1 fully saturated rings. The van der Waals surface area contributed by atoms with Gasteiger partial charge >= 0.3 is 5.97 Å². The number of carboxylic acid groups (broad SMARTS) is 1. The Balaban J connectivity index is 2.33. The molecular weight excluding hydrogens is 242 g/mol. The van der Waals surface area contributed by atoms with Gasteiger partial charge in [-0.3, -0.25) is 4.79 Å². The molecular formula is C14H29N3O2. The van der Waals surface area contributed by atoms with Gasteiger partial charge in [0.15, 0.2) is 0 Å². The van der Waals surface area contributed by atoms with E-state index in [1.54, 1.807) is 0 Å². The van der Waals surface area contributed by atoms with Gasteiger partial charge in [-0.1, -0.05) is 6.92 Å². The summed E-state index contributed by atoms with van der Waals surface area (Å²) in [7, 11) is 4.29. The number of hydrogen-bond donors (Lipinski definition) is 2. The second-order valence-corrected chi connectivity index (χ2v) is 5.96. The minimum atomic E-state index is -1.05. The lowest BCUT2D eigenvalue weighted by Gasteiger charge is -2.36. The maximum atomic E-state index is 11.1. The molecule has 19 heavy (non-hydrogen) atoms. The van der Waals surface area contributed by atoms with Gasteiger partial charge in [0.1, 0.15) is 5.54 Å². The van der Waals surface area contributed by atoms with E-state index in [9.17, 15) is 4.79 Å².